The maximum Gasteiger partial charge on any atom is 0.330 e. The van der Waals surface area contributed by atoms with Gasteiger partial charge in [-0.15, -0.1) is 0 Å². The molecule has 0 saturated carbocycles. The van der Waals surface area contributed by atoms with E-state index in [1.807, 2.05) is 18.2 Å². The van der Waals surface area contributed by atoms with Gasteiger partial charge in [0.05, 0.1) is 18.2 Å². The predicted octanol–water partition coefficient (Wildman–Crippen LogP) is -1.85. The molecule has 2 aromatic heterocycles. The number of nitrogens with one attached hydrogen (secondary N) is 6. The molecular formula is C33H45N9O10. The lowest BCUT2D eigenvalue weighted by Crippen LogP contribution is -2.62. The van der Waals surface area contributed by atoms with E-state index in [-0.39, 0.29) is 25.1 Å². The molecule has 3 heterocycles. The van der Waals surface area contributed by atoms with Crippen LogP contribution in [0.25, 0.3) is 10.9 Å². The van der Waals surface area contributed by atoms with Gasteiger partial charge in [0.15, 0.2) is 6.23 Å². The number of hydrogen-bond acceptors (Lipinski definition) is 10. The molecule has 1 aliphatic heterocycles. The fraction of sp³-hybridized carbons (Fsp3) is 0.485. The van der Waals surface area contributed by atoms with Crippen LogP contribution in [-0.4, -0.2) is 115 Å². The van der Waals surface area contributed by atoms with E-state index in [9.17, 15) is 43.8 Å². The van der Waals surface area contributed by atoms with Crippen molar-refractivity contribution in [1.82, 2.24) is 40.7 Å². The number of carboxylic acids is 1. The summed E-state index contributed by atoms with van der Waals surface area (Å²) >= 11 is 0. The Morgan fingerprint density at radius 1 is 1.08 bits per heavy atom. The number of urea groups is 1. The lowest BCUT2D eigenvalue weighted by Gasteiger charge is -2.33. The van der Waals surface area contributed by atoms with Crippen molar-refractivity contribution >= 4 is 40.6 Å². The highest BCUT2D eigenvalue weighted by Gasteiger charge is 2.38. The fourth-order valence-electron chi connectivity index (χ4n) is 5.97. The molecule has 0 radical (unpaired) electrons. The first-order chi connectivity index (χ1) is 24.5. The predicted molar refractivity (Wildman–Crippen MR) is 186 cm³/mol. The van der Waals surface area contributed by atoms with E-state index in [1.54, 1.807) is 12.3 Å². The number of hydrogen-bond donors (Lipinski definition) is 9. The molecule has 0 bridgehead atoms. The SMILES string of the molecule is Cc1cc(=O)[nH]c(=O)n1[C@@H]1O[C@@H](CNC(=O)[C@@H](NC(=O)[C@H](C)NC(=O)N[C@@H](Cc2c[nH]c3ccccc23)C(=O)O)[C@H](C)N(C)C(=O)[C@@H](C)N)C[C@H]1O. The van der Waals surface area contributed by atoms with Gasteiger partial charge < -0.3 is 51.8 Å². The Bertz CT molecular complexity index is 1920. The van der Waals surface area contributed by atoms with E-state index >= 15 is 0 Å². The summed E-state index contributed by atoms with van der Waals surface area (Å²) in [4.78, 5) is 94.9. The zero-order valence-electron chi connectivity index (χ0n) is 29.3. The topological polar surface area (TPSA) is 283 Å². The third-order valence-corrected chi connectivity index (χ3v) is 8.95. The van der Waals surface area contributed by atoms with E-state index < -0.39 is 89.6 Å². The second-order valence-corrected chi connectivity index (χ2v) is 12.9. The summed E-state index contributed by atoms with van der Waals surface area (Å²) in [7, 11) is 1.41. The van der Waals surface area contributed by atoms with Crippen LogP contribution in [0.4, 0.5) is 4.79 Å². The van der Waals surface area contributed by atoms with Gasteiger partial charge in [-0.25, -0.2) is 14.4 Å². The molecule has 4 rings (SSSR count). The van der Waals surface area contributed by atoms with Gasteiger partial charge in [-0.3, -0.25) is 28.7 Å². The maximum atomic E-state index is 13.6. The van der Waals surface area contributed by atoms with E-state index in [1.165, 1.54) is 45.7 Å². The first-order valence-corrected chi connectivity index (χ1v) is 16.6. The Morgan fingerprint density at radius 2 is 1.77 bits per heavy atom. The minimum absolute atomic E-state index is 0.0132. The molecule has 8 atom stereocenters. The number of H-pyrrole nitrogens is 2. The van der Waals surface area contributed by atoms with Crippen LogP contribution in [0.2, 0.25) is 0 Å². The molecule has 0 unspecified atom stereocenters. The molecule has 19 nitrogen and oxygen atoms in total. The molecule has 1 aliphatic rings. The molecule has 1 saturated heterocycles. The molecular weight excluding hydrogens is 682 g/mol. The number of ether oxygens (including phenoxy) is 1. The highest BCUT2D eigenvalue weighted by atomic mass is 16.5. The second kappa shape index (κ2) is 16.7. The summed E-state index contributed by atoms with van der Waals surface area (Å²) in [5.74, 6) is -3.39. The van der Waals surface area contributed by atoms with Gasteiger partial charge in [0.25, 0.3) is 5.56 Å². The molecule has 1 aromatic carbocycles. The van der Waals surface area contributed by atoms with Crippen LogP contribution >= 0.6 is 0 Å². The maximum absolute atomic E-state index is 13.6. The smallest absolute Gasteiger partial charge is 0.330 e. The van der Waals surface area contributed by atoms with Crippen molar-refractivity contribution in [2.24, 2.45) is 5.73 Å². The number of benzene rings is 1. The highest BCUT2D eigenvalue weighted by Crippen LogP contribution is 2.28. The Balaban J connectivity index is 1.41. The fourth-order valence-corrected chi connectivity index (χ4v) is 5.97. The van der Waals surface area contributed by atoms with Gasteiger partial charge in [-0.1, -0.05) is 18.2 Å². The molecule has 3 aromatic rings. The number of aliphatic hydroxyl groups excluding tert-OH is 1. The molecule has 0 spiro atoms. The number of likely N-dealkylation sites (N-methyl/N-ethyl adjacent to an activating group) is 1. The summed E-state index contributed by atoms with van der Waals surface area (Å²) in [5.41, 5.74) is 6.10. The summed E-state index contributed by atoms with van der Waals surface area (Å²) in [6.07, 6.45) is -1.46. The number of carboxylic acid groups (broad SMARTS) is 1. The largest absolute Gasteiger partial charge is 0.480 e. The number of fused-ring (bicyclic) bond motifs is 1. The minimum atomic E-state index is -1.38. The van der Waals surface area contributed by atoms with Gasteiger partial charge >= 0.3 is 17.7 Å². The van der Waals surface area contributed by atoms with Gasteiger partial charge in [0, 0.05) is 55.3 Å². The van der Waals surface area contributed by atoms with E-state index in [2.05, 4.69) is 31.2 Å². The molecule has 0 aliphatic carbocycles. The van der Waals surface area contributed by atoms with Crippen molar-refractivity contribution in [3.8, 4) is 0 Å². The van der Waals surface area contributed by atoms with Crippen molar-refractivity contribution in [2.75, 3.05) is 13.6 Å². The number of amides is 5. The van der Waals surface area contributed by atoms with Crippen LogP contribution in [-0.2, 0) is 30.3 Å². The van der Waals surface area contributed by atoms with Crippen LogP contribution in [0.5, 0.6) is 0 Å². The molecule has 5 amide bonds. The number of aliphatic carboxylic acids is 1. The monoisotopic (exact) mass is 727 g/mol. The number of aryl methyl sites for hydroxylation is 1. The van der Waals surface area contributed by atoms with Crippen LogP contribution < -0.4 is 38.2 Å². The van der Waals surface area contributed by atoms with Crippen molar-refractivity contribution in [2.45, 2.75) is 89.2 Å². The van der Waals surface area contributed by atoms with Gasteiger partial charge in [-0.2, -0.15) is 0 Å². The van der Waals surface area contributed by atoms with Gasteiger partial charge in [0.1, 0.15) is 24.2 Å². The van der Waals surface area contributed by atoms with Crippen LogP contribution in [0.1, 0.15) is 44.7 Å². The molecule has 10 N–H and O–H groups in total. The van der Waals surface area contributed by atoms with E-state index in [4.69, 9.17) is 10.5 Å². The van der Waals surface area contributed by atoms with E-state index in [0.717, 1.165) is 15.5 Å². The Hall–Kier alpha value is -5.53. The number of carbonyl (C=O) groups is 5. The number of nitrogens with zero attached hydrogens (tertiary/aromatic N) is 2. The Labute approximate surface area is 297 Å². The minimum Gasteiger partial charge on any atom is -0.480 e. The molecule has 52 heavy (non-hydrogen) atoms. The first kappa shape index (κ1) is 39.3. The number of aromatic nitrogens is 3. The quantitative estimate of drug-likeness (QED) is 0.0889. The number of para-hydroxylation sites is 1. The standard InChI is InChI=1S/C33H45N9O10/c1-15-10-25(44)39-33(51)42(15)30-24(43)12-20(52-30)14-36-28(46)26(18(4)41(5)29(47)16(2)34)40-27(45)17(3)37-32(50)38-23(31(48)49)11-19-13-35-22-9-7-6-8-21(19)22/h6-10,13,16-18,20,23-24,26,30,35,43H,11-12,14,34H2,1-5H3,(H,36,46)(H,40,45)(H,48,49)(H2,37,38,50)(H,39,44,51)/t16-,17+,18+,20-,23+,24-,26+,30-/m1/s1. The normalized spacial score (nSPS) is 19.9. The average molecular weight is 728 g/mol. The average Bonchev–Trinajstić information content (AvgIpc) is 3.66. The van der Waals surface area contributed by atoms with E-state index in [0.29, 0.717) is 5.56 Å². The van der Waals surface area contributed by atoms with Gasteiger partial charge in [-0.05, 0) is 39.3 Å². The van der Waals surface area contributed by atoms with Crippen LogP contribution in [0.15, 0.2) is 46.1 Å². The van der Waals surface area contributed by atoms with Crippen molar-refractivity contribution in [1.29, 1.82) is 0 Å². The summed E-state index contributed by atoms with van der Waals surface area (Å²) in [6, 6.07) is 1.63. The Kier molecular flexibility index (Phi) is 12.6. The number of aromatic amines is 2. The van der Waals surface area contributed by atoms with Crippen molar-refractivity contribution in [3.05, 3.63) is 68.6 Å². The Morgan fingerprint density at radius 3 is 2.42 bits per heavy atom. The summed E-state index contributed by atoms with van der Waals surface area (Å²) in [6.45, 7) is 5.63. The van der Waals surface area contributed by atoms with Crippen LogP contribution in [0.3, 0.4) is 0 Å². The molecule has 1 fully saturated rings. The zero-order valence-corrected chi connectivity index (χ0v) is 29.3. The second-order valence-electron chi connectivity index (χ2n) is 12.9. The first-order valence-electron chi connectivity index (χ1n) is 16.6. The molecule has 19 heteroatoms. The van der Waals surface area contributed by atoms with Crippen molar-refractivity contribution in [3.63, 3.8) is 0 Å². The number of nitrogens with two attached hydrogens (primary N) is 1. The number of carbonyl (C=O) groups excluding carboxylic acids is 4. The summed E-state index contributed by atoms with van der Waals surface area (Å²) in [5, 5.41) is 31.2. The third-order valence-electron chi connectivity index (χ3n) is 8.95. The van der Waals surface area contributed by atoms with Crippen molar-refractivity contribution < 1.29 is 38.9 Å². The lowest BCUT2D eigenvalue weighted by atomic mass is 10.1. The summed E-state index contributed by atoms with van der Waals surface area (Å²) < 4.78 is 6.94. The zero-order chi connectivity index (χ0) is 38.4. The number of aliphatic hydroxyl groups is 1. The lowest BCUT2D eigenvalue weighted by molar-refractivity contribution is -0.139. The van der Waals surface area contributed by atoms with Gasteiger partial charge in [0.2, 0.25) is 17.7 Å². The number of rotatable bonds is 14. The third kappa shape index (κ3) is 9.22. The molecule has 282 valence electrons. The van der Waals surface area contributed by atoms with Crippen LogP contribution in [0, 0.1) is 6.92 Å². The highest BCUT2D eigenvalue weighted by molar-refractivity contribution is 5.93.